The summed E-state index contributed by atoms with van der Waals surface area (Å²) < 4.78 is 5.05. The highest BCUT2D eigenvalue weighted by molar-refractivity contribution is 6.08. The van der Waals surface area contributed by atoms with Gasteiger partial charge in [0, 0.05) is 15.8 Å². The van der Waals surface area contributed by atoms with Gasteiger partial charge in [0.25, 0.3) is 0 Å². The zero-order valence-corrected chi connectivity index (χ0v) is 11.1. The Morgan fingerprint density at radius 1 is 1.46 bits per heavy atom. The zero-order valence-electron chi connectivity index (χ0n) is 9.14. The molecule has 0 aliphatic rings. The number of carbonyl (C=O) groups is 1. The molecule has 0 aromatic heterocycles. The summed E-state index contributed by atoms with van der Waals surface area (Å²) in [6.45, 7) is 10.2. The van der Waals surface area contributed by atoms with E-state index in [0.717, 1.165) is 6.42 Å². The van der Waals surface area contributed by atoms with Crippen LogP contribution < -0.4 is 0 Å². The van der Waals surface area contributed by atoms with Gasteiger partial charge in [-0.15, -0.1) is 0 Å². The summed E-state index contributed by atoms with van der Waals surface area (Å²) in [5.74, 6) is -0.248. The number of rotatable bonds is 4. The van der Waals surface area contributed by atoms with E-state index < -0.39 is 0 Å². The van der Waals surface area contributed by atoms with Gasteiger partial charge < -0.3 is 4.74 Å². The van der Waals surface area contributed by atoms with Crippen molar-refractivity contribution in [3.63, 3.8) is 0 Å². The van der Waals surface area contributed by atoms with Gasteiger partial charge in [-0.2, -0.15) is 0 Å². The molecule has 0 aromatic rings. The fourth-order valence-electron chi connectivity index (χ4n) is 0.703. The minimum Gasteiger partial charge on any atom is -0.462 e. The Morgan fingerprint density at radius 2 is 2.00 bits per heavy atom. The molecule has 0 heterocycles. The third-order valence-electron chi connectivity index (χ3n) is 1.88. The highest BCUT2D eigenvalue weighted by atomic mass is 28.1. The van der Waals surface area contributed by atoms with Crippen LogP contribution in [0, 0.1) is 5.41 Å². The van der Waals surface area contributed by atoms with E-state index in [-0.39, 0.29) is 11.4 Å². The second-order valence-corrected chi connectivity index (χ2v) is 5.22. The highest BCUT2D eigenvalue weighted by Gasteiger charge is 2.22. The number of esters is 1. The van der Waals surface area contributed by atoms with Gasteiger partial charge >= 0.3 is 5.97 Å². The second kappa shape index (κ2) is 5.22. The van der Waals surface area contributed by atoms with Gasteiger partial charge in [-0.25, -0.2) is 4.79 Å². The van der Waals surface area contributed by atoms with Gasteiger partial charge in [-0.05, 0) is 11.8 Å². The molecule has 2 nitrogen and oxygen atoms in total. The summed E-state index contributed by atoms with van der Waals surface area (Å²) in [5, 5.41) is 0. The van der Waals surface area contributed by atoms with E-state index in [0.29, 0.717) is 12.2 Å². The van der Waals surface area contributed by atoms with Crippen molar-refractivity contribution in [3.8, 4) is 0 Å². The van der Waals surface area contributed by atoms with Crippen LogP contribution in [-0.2, 0) is 9.53 Å². The molecule has 0 bridgehead atoms. The van der Waals surface area contributed by atoms with Crippen LogP contribution in [0.1, 0.15) is 27.2 Å². The molecule has 0 radical (unpaired) electrons. The van der Waals surface area contributed by atoms with Crippen LogP contribution in [0.3, 0.4) is 0 Å². The molecule has 0 saturated heterocycles. The van der Waals surface area contributed by atoms with Crippen molar-refractivity contribution < 1.29 is 9.53 Å². The lowest BCUT2D eigenvalue weighted by Crippen LogP contribution is -2.19. The van der Waals surface area contributed by atoms with Gasteiger partial charge in [0.1, 0.15) is 0 Å². The Morgan fingerprint density at radius 3 is 2.38 bits per heavy atom. The fraction of sp³-hybridized carbons (Fsp3) is 0.700. The molecule has 3 heteroatoms. The molecule has 0 fully saturated rings. The van der Waals surface area contributed by atoms with E-state index in [4.69, 9.17) is 4.74 Å². The van der Waals surface area contributed by atoms with E-state index in [1.165, 1.54) is 16.3 Å². The Hall–Kier alpha value is -0.573. The van der Waals surface area contributed by atoms with Crippen LogP contribution in [0.2, 0.25) is 6.04 Å². The molecule has 0 aliphatic carbocycles. The number of carbonyl (C=O) groups excluding carboxylic acids is 1. The van der Waals surface area contributed by atoms with E-state index in [1.54, 1.807) is 0 Å². The van der Waals surface area contributed by atoms with Crippen molar-refractivity contribution in [3.05, 3.63) is 12.2 Å². The van der Waals surface area contributed by atoms with Crippen molar-refractivity contribution >= 4 is 16.2 Å². The first-order chi connectivity index (χ1) is 5.89. The molecule has 0 atom stereocenters. The molecule has 0 spiro atoms. The lowest BCUT2D eigenvalue weighted by Gasteiger charge is -2.19. The predicted molar refractivity (Wildman–Crippen MR) is 58.9 cm³/mol. The molecular formula is C10H20O2Si. The minimum atomic E-state index is -0.248. The number of hydrogen-bond donors (Lipinski definition) is 0. The summed E-state index contributed by atoms with van der Waals surface area (Å²) in [6, 6.07) is 1.18. The molecule has 0 rings (SSSR count). The number of hydrogen-bond acceptors (Lipinski definition) is 2. The maximum Gasteiger partial charge on any atom is 0.333 e. The van der Waals surface area contributed by atoms with Crippen molar-refractivity contribution in [1.29, 1.82) is 0 Å². The first-order valence-electron chi connectivity index (χ1n) is 4.76. The molecule has 76 valence electrons. The molecular weight excluding hydrogens is 180 g/mol. The smallest absolute Gasteiger partial charge is 0.333 e. The summed E-state index contributed by atoms with van der Waals surface area (Å²) >= 11 is 0. The van der Waals surface area contributed by atoms with Crippen molar-refractivity contribution in [2.24, 2.45) is 5.41 Å². The lowest BCUT2D eigenvalue weighted by atomic mass is 9.88. The summed E-state index contributed by atoms with van der Waals surface area (Å²) in [4.78, 5) is 11.4. The average Bonchev–Trinajstić information content (AvgIpc) is 2.01. The molecule has 0 aromatic carbocycles. The van der Waals surface area contributed by atoms with E-state index in [2.05, 4.69) is 6.58 Å². The SMILES string of the molecule is C=C(C(=O)OCCC[SiH3])C(C)(C)C. The minimum absolute atomic E-state index is 0.182. The van der Waals surface area contributed by atoms with Crippen molar-refractivity contribution in [2.75, 3.05) is 6.61 Å². The predicted octanol–water partition coefficient (Wildman–Crippen LogP) is 1.31. The fourth-order valence-corrected chi connectivity index (χ4v) is 0.991. The highest BCUT2D eigenvalue weighted by Crippen LogP contribution is 2.24. The van der Waals surface area contributed by atoms with Crippen LogP contribution in [0.5, 0.6) is 0 Å². The quantitative estimate of drug-likeness (QED) is 0.296. The lowest BCUT2D eigenvalue weighted by molar-refractivity contribution is -0.140. The van der Waals surface area contributed by atoms with Crippen LogP contribution >= 0.6 is 0 Å². The maximum absolute atomic E-state index is 11.4. The van der Waals surface area contributed by atoms with Crippen LogP contribution in [-0.4, -0.2) is 22.8 Å². The molecule has 0 N–H and O–H groups in total. The Balaban J connectivity index is 3.92. The largest absolute Gasteiger partial charge is 0.462 e. The third-order valence-corrected chi connectivity index (χ3v) is 2.59. The Labute approximate surface area is 83.8 Å². The van der Waals surface area contributed by atoms with E-state index >= 15 is 0 Å². The van der Waals surface area contributed by atoms with Crippen LogP contribution in [0.4, 0.5) is 0 Å². The standard InChI is InChI=1S/C10H20O2Si/c1-8(10(2,3)4)9(11)12-6-5-7-13/h1,5-7H2,2-4,13H3. The van der Waals surface area contributed by atoms with Gasteiger partial charge in [-0.1, -0.05) is 33.4 Å². The molecule has 0 saturated carbocycles. The van der Waals surface area contributed by atoms with Crippen molar-refractivity contribution in [2.45, 2.75) is 33.2 Å². The summed E-state index contributed by atoms with van der Waals surface area (Å²) in [6.07, 6.45) is 0.982. The zero-order chi connectivity index (χ0) is 10.5. The van der Waals surface area contributed by atoms with Gasteiger partial charge in [0.05, 0.1) is 6.61 Å². The van der Waals surface area contributed by atoms with Gasteiger partial charge in [-0.3, -0.25) is 0 Å². The van der Waals surface area contributed by atoms with E-state index in [9.17, 15) is 4.79 Å². The molecule has 0 unspecified atom stereocenters. The van der Waals surface area contributed by atoms with Crippen LogP contribution in [0.15, 0.2) is 12.2 Å². The van der Waals surface area contributed by atoms with Crippen molar-refractivity contribution in [1.82, 2.24) is 0 Å². The normalized spacial score (nSPS) is 11.3. The average molecular weight is 200 g/mol. The molecule has 13 heavy (non-hydrogen) atoms. The van der Waals surface area contributed by atoms with E-state index in [1.807, 2.05) is 20.8 Å². The van der Waals surface area contributed by atoms with Gasteiger partial charge in [0.15, 0.2) is 0 Å². The number of ether oxygens (including phenoxy) is 1. The van der Waals surface area contributed by atoms with Crippen LogP contribution in [0.25, 0.3) is 0 Å². The monoisotopic (exact) mass is 200 g/mol. The summed E-state index contributed by atoms with van der Waals surface area (Å²) in [7, 11) is 1.17. The Kier molecular flexibility index (Phi) is 4.99. The third kappa shape index (κ3) is 4.88. The summed E-state index contributed by atoms with van der Waals surface area (Å²) in [5.41, 5.74) is 0.374. The second-order valence-electron chi connectivity index (χ2n) is 4.22. The Bertz CT molecular complexity index is 192. The van der Waals surface area contributed by atoms with Gasteiger partial charge in [0.2, 0.25) is 0 Å². The first kappa shape index (κ1) is 12.4. The first-order valence-corrected chi connectivity index (χ1v) is 6.17. The molecule has 0 amide bonds. The maximum atomic E-state index is 11.4. The topological polar surface area (TPSA) is 26.3 Å². The molecule has 0 aliphatic heterocycles.